The molecular formula is C117H93Cl2FN12O9S3Si. The van der Waals surface area contributed by atoms with Crippen LogP contribution in [-0.2, 0) is 13.0 Å². The largest absolute Gasteiger partial charge is 0.457 e. The first-order valence-electron chi connectivity index (χ1n) is 46.2. The van der Waals surface area contributed by atoms with Gasteiger partial charge in [-0.25, -0.2) is 49.3 Å². The van der Waals surface area contributed by atoms with Crippen molar-refractivity contribution < 1.29 is 46.6 Å². The molecule has 0 aliphatic rings. The maximum absolute atomic E-state index is 14.1. The van der Waals surface area contributed by atoms with E-state index in [0.717, 1.165) is 207 Å². The number of ether oxygens (including phenoxy) is 3. The van der Waals surface area contributed by atoms with Gasteiger partial charge in [-0.1, -0.05) is 264 Å². The fourth-order valence-electron chi connectivity index (χ4n) is 16.0. The number of benzene rings is 11. The van der Waals surface area contributed by atoms with Gasteiger partial charge >= 0.3 is 0 Å². The highest BCUT2D eigenvalue weighted by molar-refractivity contribution is 7.95. The first kappa shape index (κ1) is 97.7. The minimum Gasteiger partial charge on any atom is -0.457 e. The monoisotopic (exact) mass is 2020 g/mol. The van der Waals surface area contributed by atoms with E-state index in [1.54, 1.807) is 55.2 Å². The Bertz CT molecular complexity index is 8180. The van der Waals surface area contributed by atoms with Crippen molar-refractivity contribution in [3.63, 3.8) is 0 Å². The van der Waals surface area contributed by atoms with Crippen molar-refractivity contribution in [2.75, 3.05) is 19.0 Å². The summed E-state index contributed by atoms with van der Waals surface area (Å²) in [7, 11) is 2.15. The molecule has 22 rings (SSSR count). The van der Waals surface area contributed by atoms with Gasteiger partial charge < -0.3 is 23.3 Å². The fraction of sp³-hybridized carbons (Fsp3) is 0.0684. The molecule has 11 heterocycles. The van der Waals surface area contributed by atoms with Gasteiger partial charge in [-0.15, -0.1) is 14.2 Å². The lowest BCUT2D eigenvalue weighted by atomic mass is 10.0. The molecule has 0 aliphatic carbocycles. The van der Waals surface area contributed by atoms with E-state index < -0.39 is 8.24 Å². The van der Waals surface area contributed by atoms with Crippen molar-refractivity contribution in [3.8, 4) is 124 Å². The Morgan fingerprint density at radius 3 is 1.11 bits per heavy atom. The van der Waals surface area contributed by atoms with E-state index in [9.17, 15) is 4.39 Å². The average Bonchev–Trinajstić information content (AvgIpc) is 1.59. The van der Waals surface area contributed by atoms with Crippen LogP contribution in [0.25, 0.3) is 133 Å². The van der Waals surface area contributed by atoms with Crippen LogP contribution in [0.5, 0.6) is 34.5 Å². The van der Waals surface area contributed by atoms with Crippen LogP contribution in [-0.4, -0.2) is 75.6 Å². The summed E-state index contributed by atoms with van der Waals surface area (Å²) in [6.45, 7) is 11.6. The third-order valence-electron chi connectivity index (χ3n) is 24.2. The van der Waals surface area contributed by atoms with Crippen molar-refractivity contribution in [2.24, 2.45) is 0 Å². The molecule has 28 heteroatoms. The zero-order chi connectivity index (χ0) is 99.6. The van der Waals surface area contributed by atoms with Crippen LogP contribution >= 0.6 is 59.3 Å². The first-order valence-corrected chi connectivity index (χ1v) is 52.2. The molecule has 0 N–H and O–H groups in total. The van der Waals surface area contributed by atoms with Crippen LogP contribution in [0.1, 0.15) is 20.8 Å². The van der Waals surface area contributed by atoms with E-state index in [-0.39, 0.29) is 10.9 Å². The van der Waals surface area contributed by atoms with Gasteiger partial charge in [0.1, 0.15) is 56.3 Å². The maximum Gasteiger partial charge on any atom is 0.179 e. The number of halogens is 3. The van der Waals surface area contributed by atoms with Crippen LogP contribution in [0, 0.1) is 5.82 Å². The van der Waals surface area contributed by atoms with E-state index in [1.807, 2.05) is 336 Å². The van der Waals surface area contributed by atoms with Gasteiger partial charge in [0.05, 0.1) is 60.4 Å². The van der Waals surface area contributed by atoms with Crippen LogP contribution in [0.15, 0.2) is 453 Å². The Balaban J connectivity index is 0.000000122. The highest BCUT2D eigenvalue weighted by Gasteiger charge is 2.39. The number of para-hydroxylation sites is 6. The summed E-state index contributed by atoms with van der Waals surface area (Å²) >= 11 is 15.6. The van der Waals surface area contributed by atoms with Crippen LogP contribution < -0.4 is 34.1 Å². The lowest BCUT2D eigenvalue weighted by Gasteiger charge is -2.38. The topological polar surface area (TPSA) is 196 Å². The number of anilines is 1. The predicted octanol–water partition coefficient (Wildman–Crippen LogP) is 31.6. The fourth-order valence-corrected chi connectivity index (χ4v) is 19.4. The van der Waals surface area contributed by atoms with Crippen LogP contribution in [0.3, 0.4) is 0 Å². The first-order chi connectivity index (χ1) is 70.8. The van der Waals surface area contributed by atoms with Crippen LogP contribution in [0.4, 0.5) is 10.1 Å². The van der Waals surface area contributed by atoms with Gasteiger partial charge in [0.2, 0.25) is 0 Å². The molecule has 11 aromatic carbocycles. The molecule has 0 saturated heterocycles. The summed E-state index contributed by atoms with van der Waals surface area (Å²) in [6.07, 6.45) is 20.2. The Kier molecular flexibility index (Phi) is 30.6. The zero-order valence-electron chi connectivity index (χ0n) is 79.5. The molecule has 0 saturated carbocycles. The number of nitrogens with zero attached hydrogens (tertiary/aromatic N) is 12. The van der Waals surface area contributed by atoms with Gasteiger partial charge in [0.15, 0.2) is 25.2 Å². The van der Waals surface area contributed by atoms with Gasteiger partial charge in [-0.05, 0) is 198 Å². The molecular weight excluding hydrogens is 1930 g/mol. The Morgan fingerprint density at radius 1 is 0.303 bits per heavy atom. The quantitative estimate of drug-likeness (QED) is 0.0147. The molecule has 22 aromatic rings. The molecule has 0 unspecified atom stereocenters. The third-order valence-corrected chi connectivity index (χ3v) is 31.7. The molecule has 0 radical (unpaired) electrons. The normalized spacial score (nSPS) is 11.3. The molecule has 11 aromatic heterocycles. The molecule has 0 aliphatic heterocycles. The van der Waals surface area contributed by atoms with E-state index in [1.165, 1.54) is 20.3 Å². The number of rotatable bonds is 28. The molecule has 0 atom stereocenters. The summed E-state index contributed by atoms with van der Waals surface area (Å²) in [4.78, 5) is 53.9. The second-order valence-corrected chi connectivity index (χ2v) is 43.2. The second kappa shape index (κ2) is 45.4. The highest BCUT2D eigenvalue weighted by atomic mass is 35.5. The predicted molar refractivity (Wildman–Crippen MR) is 582 cm³/mol. The molecule has 0 amide bonds. The van der Waals surface area contributed by atoms with E-state index in [2.05, 4.69) is 113 Å². The maximum atomic E-state index is 14.1. The Labute approximate surface area is 861 Å². The summed E-state index contributed by atoms with van der Waals surface area (Å²) in [5, 5.41) is 4.60. The van der Waals surface area contributed by atoms with Crippen molar-refractivity contribution in [1.29, 1.82) is 0 Å². The summed E-state index contributed by atoms with van der Waals surface area (Å²) in [6, 6.07) is 119. The van der Waals surface area contributed by atoms with Gasteiger partial charge in [-0.3, -0.25) is 4.98 Å². The minimum absolute atomic E-state index is 0.139. The lowest BCUT2D eigenvalue weighted by molar-refractivity contribution is -0.188. The van der Waals surface area contributed by atoms with Crippen molar-refractivity contribution in [3.05, 3.63) is 454 Å². The van der Waals surface area contributed by atoms with Crippen LogP contribution in [0.2, 0.25) is 28.4 Å². The lowest BCUT2D eigenvalue weighted by Crippen LogP contribution is -2.45. The number of aromatic nitrogens is 11. The standard InChI is InChI=1S/2C30H20ClN3O3S.C30H21N3O3S.C27H32FN3Si/c31-29-18-21(15-16-32-29)27-20-34(36-37-38-24-11-5-2-6-12-24)30-26(27)17-22(19-33-30)25-13-7-8-14-28(25)35-23-9-3-1-4-10-23;31-29-16-15-21(18-32-29)27-20-34(36-37-38-24-11-5-2-6-12-24)30-26(27)17-22(19-33-30)25-13-7-8-14-28(25)35-23-9-3-1-4-10-23;1-3-11-23(12-4-1)34-29-17-8-7-15-25(29)22-19-26-27(28-16-9-10-18-31-28)21-33(30(26)32-20-22)35-36-37-24-13-5-2-6-14-24;1-27(2,3)32(6,7)31-18-25(20-9-8-10-22(28)15-20)24-16-21(17-29-26(24)31)19-11-13-23(14-12-19)30(4)5/h2*1-20H;1-21H;8-18H,1-7H3. The minimum atomic E-state index is -1.93. The number of hydrogen-bond acceptors (Lipinski definition) is 20. The molecule has 0 fully saturated rings. The Morgan fingerprint density at radius 2 is 0.683 bits per heavy atom. The SMILES string of the molecule is CN(C)c1ccc(-c2cnc3c(c2)c(-c2cccc(F)c2)cn3[Si](C)(C)C(C)(C)C)cc1.Clc1cc(-c2cn(OOSc3ccccc3)c3ncc(-c4ccccc4Oc4ccccc4)cc23)ccn1.Clc1ccc(-c2cn(OOSc3ccccc3)c3ncc(-c4ccccc4Oc4ccccc4)cc23)cn1.c1ccc(Oc2ccccc2-c2cnc3c(c2)c(-c2ccccn2)cn3OOSc2ccccc2)cc1. The molecule has 21 nitrogen and oxygen atoms in total. The Hall–Kier alpha value is -16.1. The van der Waals surface area contributed by atoms with E-state index >= 15 is 0 Å². The smallest absolute Gasteiger partial charge is 0.179 e. The average molecular weight is 2030 g/mol. The van der Waals surface area contributed by atoms with Crippen molar-refractivity contribution in [1.82, 2.24) is 53.3 Å². The number of hydrogen-bond donors (Lipinski definition) is 0. The second-order valence-electron chi connectivity index (χ2n) is 35.0. The van der Waals surface area contributed by atoms with Gasteiger partial charge in [-0.2, -0.15) is 0 Å². The van der Waals surface area contributed by atoms with E-state index in [4.69, 9.17) is 85.3 Å². The summed E-state index contributed by atoms with van der Waals surface area (Å²) < 4.78 is 56.0. The van der Waals surface area contributed by atoms with Gasteiger partial charge in [0.25, 0.3) is 0 Å². The molecule has 0 bridgehead atoms. The van der Waals surface area contributed by atoms with E-state index in [0.29, 0.717) is 27.2 Å². The summed E-state index contributed by atoms with van der Waals surface area (Å²) in [5.74, 6) is 4.26. The molecule has 0 spiro atoms. The molecule has 145 heavy (non-hydrogen) atoms. The van der Waals surface area contributed by atoms with Crippen molar-refractivity contribution in [2.45, 2.75) is 53.6 Å². The number of pyridine rings is 7. The zero-order valence-corrected chi connectivity index (χ0v) is 84.4. The number of fused-ring (bicyclic) bond motifs is 4. The summed E-state index contributed by atoms with van der Waals surface area (Å²) in [5.41, 5.74) is 18.6. The van der Waals surface area contributed by atoms with Crippen molar-refractivity contribution >= 4 is 117 Å². The van der Waals surface area contributed by atoms with Gasteiger partial charge in [0, 0.05) is 172 Å². The molecule has 718 valence electrons. The third kappa shape index (κ3) is 23.5. The highest BCUT2D eigenvalue weighted by Crippen LogP contribution is 2.46.